The molecule has 0 aromatic heterocycles. The Bertz CT molecular complexity index is 139. The quantitative estimate of drug-likeness (QED) is 0.489. The van der Waals surface area contributed by atoms with E-state index in [1.165, 1.54) is 0 Å². The van der Waals surface area contributed by atoms with Gasteiger partial charge in [0, 0.05) is 0 Å². The molecule has 1 aliphatic rings. The third-order valence-electron chi connectivity index (χ3n) is 0.839. The fourth-order valence-corrected chi connectivity index (χ4v) is 1.27. The highest BCUT2D eigenvalue weighted by molar-refractivity contribution is 6.45. The van der Waals surface area contributed by atoms with Crippen molar-refractivity contribution in [1.29, 1.82) is 0 Å². The summed E-state index contributed by atoms with van der Waals surface area (Å²) >= 11 is 16.6. The number of rotatable bonds is 0. The smallest absolute Gasteiger partial charge is 0.0732 e. The van der Waals surface area contributed by atoms with Gasteiger partial charge in [0.2, 0.25) is 0 Å². The van der Waals surface area contributed by atoms with Gasteiger partial charge in [-0.1, -0.05) is 23.2 Å². The molecule has 0 heterocycles. The second-order valence-electron chi connectivity index (χ2n) is 1.47. The zero-order valence-electron chi connectivity index (χ0n) is 3.87. The molecule has 0 aromatic rings. The zero-order valence-corrected chi connectivity index (χ0v) is 6.13. The molecule has 0 N–H and O–H groups in total. The summed E-state index contributed by atoms with van der Waals surface area (Å²) in [5.74, 6) is 0. The Balaban J connectivity index is 2.82. The Kier molecular flexibility index (Phi) is 1.86. The van der Waals surface area contributed by atoms with Crippen LogP contribution in [0.3, 0.4) is 0 Å². The van der Waals surface area contributed by atoms with Crippen molar-refractivity contribution in [3.63, 3.8) is 0 Å². The van der Waals surface area contributed by atoms with E-state index in [0.717, 1.165) is 0 Å². The van der Waals surface area contributed by atoms with Gasteiger partial charge in [-0.15, -0.1) is 11.6 Å². The minimum Gasteiger partial charge on any atom is -0.114 e. The Labute approximate surface area is 62.7 Å². The Morgan fingerprint density at radius 1 is 1.12 bits per heavy atom. The minimum atomic E-state index is -0.116. The summed E-state index contributed by atoms with van der Waals surface area (Å²) in [5, 5.41) is 0.980. The van der Waals surface area contributed by atoms with E-state index in [-0.39, 0.29) is 5.38 Å². The second-order valence-corrected chi connectivity index (χ2v) is 2.79. The number of hydrogen-bond acceptors (Lipinski definition) is 0. The highest BCUT2D eigenvalue weighted by Gasteiger charge is 2.10. The average molecular weight is 169 g/mol. The van der Waals surface area contributed by atoms with E-state index >= 15 is 0 Å². The van der Waals surface area contributed by atoms with E-state index in [0.29, 0.717) is 10.1 Å². The van der Waals surface area contributed by atoms with E-state index in [4.69, 9.17) is 34.8 Å². The first-order chi connectivity index (χ1) is 3.70. The molecule has 8 heavy (non-hydrogen) atoms. The van der Waals surface area contributed by atoms with E-state index < -0.39 is 0 Å². The first-order valence-corrected chi connectivity index (χ1v) is 3.28. The van der Waals surface area contributed by atoms with Crippen LogP contribution in [0.2, 0.25) is 0 Å². The molecular formula is C5H3Cl3. The Morgan fingerprint density at radius 2 is 1.50 bits per heavy atom. The minimum absolute atomic E-state index is 0.116. The Morgan fingerprint density at radius 3 is 1.62 bits per heavy atom. The maximum absolute atomic E-state index is 5.58. The number of allylic oxidation sites excluding steroid dienone is 4. The summed E-state index contributed by atoms with van der Waals surface area (Å²) < 4.78 is 0. The molecule has 0 atom stereocenters. The third kappa shape index (κ3) is 1.19. The monoisotopic (exact) mass is 168 g/mol. The lowest BCUT2D eigenvalue weighted by Gasteiger charge is -1.81. The standard InChI is InChI=1S/C5H3Cl3/c6-3-1-4(7)5(8)2-3/h1-3H. The summed E-state index contributed by atoms with van der Waals surface area (Å²) in [5.41, 5.74) is 0. The van der Waals surface area contributed by atoms with Crippen LogP contribution in [0.5, 0.6) is 0 Å². The largest absolute Gasteiger partial charge is 0.114 e. The predicted octanol–water partition coefficient (Wildman–Crippen LogP) is 2.85. The van der Waals surface area contributed by atoms with Gasteiger partial charge in [-0.3, -0.25) is 0 Å². The van der Waals surface area contributed by atoms with E-state index in [1.54, 1.807) is 12.2 Å². The van der Waals surface area contributed by atoms with Crippen LogP contribution in [0.1, 0.15) is 0 Å². The number of alkyl halides is 1. The van der Waals surface area contributed by atoms with Gasteiger partial charge >= 0.3 is 0 Å². The van der Waals surface area contributed by atoms with Gasteiger partial charge in [-0.2, -0.15) is 0 Å². The third-order valence-corrected chi connectivity index (χ3v) is 1.85. The van der Waals surface area contributed by atoms with Crippen LogP contribution in [0.15, 0.2) is 22.2 Å². The van der Waals surface area contributed by atoms with Crippen LogP contribution in [0.4, 0.5) is 0 Å². The molecule has 0 saturated carbocycles. The molecule has 1 rings (SSSR count). The predicted molar refractivity (Wildman–Crippen MR) is 37.5 cm³/mol. The first kappa shape index (κ1) is 6.47. The van der Waals surface area contributed by atoms with Gasteiger partial charge in [0.05, 0.1) is 15.4 Å². The van der Waals surface area contributed by atoms with E-state index in [2.05, 4.69) is 0 Å². The highest BCUT2D eigenvalue weighted by Crippen LogP contribution is 2.28. The molecule has 0 spiro atoms. The van der Waals surface area contributed by atoms with Crippen LogP contribution in [0.25, 0.3) is 0 Å². The van der Waals surface area contributed by atoms with Crippen molar-refractivity contribution in [2.75, 3.05) is 0 Å². The van der Waals surface area contributed by atoms with Gasteiger partial charge in [0.25, 0.3) is 0 Å². The topological polar surface area (TPSA) is 0 Å². The molecule has 44 valence electrons. The van der Waals surface area contributed by atoms with Crippen molar-refractivity contribution in [2.24, 2.45) is 0 Å². The zero-order chi connectivity index (χ0) is 6.15. The Hall–Kier alpha value is 0.350. The maximum Gasteiger partial charge on any atom is 0.0732 e. The van der Waals surface area contributed by atoms with Gasteiger partial charge < -0.3 is 0 Å². The summed E-state index contributed by atoms with van der Waals surface area (Å²) in [7, 11) is 0. The van der Waals surface area contributed by atoms with E-state index in [9.17, 15) is 0 Å². The fraction of sp³-hybridized carbons (Fsp3) is 0.200. The fourth-order valence-electron chi connectivity index (χ4n) is 0.487. The van der Waals surface area contributed by atoms with Gasteiger partial charge in [0.15, 0.2) is 0 Å². The van der Waals surface area contributed by atoms with Crippen molar-refractivity contribution in [1.82, 2.24) is 0 Å². The summed E-state index contributed by atoms with van der Waals surface area (Å²) in [4.78, 5) is 0. The molecular weight excluding hydrogens is 166 g/mol. The van der Waals surface area contributed by atoms with Crippen molar-refractivity contribution in [3.8, 4) is 0 Å². The molecule has 1 aliphatic carbocycles. The van der Waals surface area contributed by atoms with Crippen LogP contribution < -0.4 is 0 Å². The average Bonchev–Trinajstić information content (AvgIpc) is 1.85. The molecule has 0 nitrogen and oxygen atoms in total. The summed E-state index contributed by atoms with van der Waals surface area (Å²) in [6, 6.07) is 0. The van der Waals surface area contributed by atoms with Crippen molar-refractivity contribution in [3.05, 3.63) is 22.2 Å². The molecule has 0 unspecified atom stereocenters. The highest BCUT2D eigenvalue weighted by atomic mass is 35.5. The SMILES string of the molecule is ClC1=CC(Cl)C=C1Cl. The number of halogens is 3. The molecule has 0 aromatic carbocycles. The van der Waals surface area contributed by atoms with E-state index in [1.807, 2.05) is 0 Å². The van der Waals surface area contributed by atoms with Crippen molar-refractivity contribution in [2.45, 2.75) is 5.38 Å². The van der Waals surface area contributed by atoms with Gasteiger partial charge in [-0.05, 0) is 12.2 Å². The molecule has 3 heteroatoms. The maximum atomic E-state index is 5.58. The molecule has 0 radical (unpaired) electrons. The lowest BCUT2D eigenvalue weighted by atomic mass is 10.5. The van der Waals surface area contributed by atoms with Crippen LogP contribution >= 0.6 is 34.8 Å². The molecule has 0 amide bonds. The molecule has 0 saturated heterocycles. The van der Waals surface area contributed by atoms with Crippen LogP contribution in [-0.2, 0) is 0 Å². The first-order valence-electron chi connectivity index (χ1n) is 2.09. The second kappa shape index (κ2) is 2.30. The van der Waals surface area contributed by atoms with Crippen molar-refractivity contribution >= 4 is 34.8 Å². The lowest BCUT2D eigenvalue weighted by Crippen LogP contribution is -1.77. The number of hydrogen-bond donors (Lipinski definition) is 0. The summed E-state index contributed by atoms with van der Waals surface area (Å²) in [6.07, 6.45) is 3.37. The molecule has 0 aliphatic heterocycles. The van der Waals surface area contributed by atoms with Gasteiger partial charge in [-0.25, -0.2) is 0 Å². The summed E-state index contributed by atoms with van der Waals surface area (Å²) in [6.45, 7) is 0. The van der Waals surface area contributed by atoms with Crippen LogP contribution in [-0.4, -0.2) is 5.38 Å². The van der Waals surface area contributed by atoms with Crippen LogP contribution in [0, 0.1) is 0 Å². The molecule has 0 bridgehead atoms. The van der Waals surface area contributed by atoms with Gasteiger partial charge in [0.1, 0.15) is 0 Å². The molecule has 0 fully saturated rings. The van der Waals surface area contributed by atoms with Crippen molar-refractivity contribution < 1.29 is 0 Å². The lowest BCUT2D eigenvalue weighted by molar-refractivity contribution is 1.45. The normalized spacial score (nSPS) is 20.9.